The highest BCUT2D eigenvalue weighted by atomic mass is 32.2. The second-order valence-electron chi connectivity index (χ2n) is 9.46. The molecule has 0 aromatic heterocycles. The van der Waals surface area contributed by atoms with Crippen molar-refractivity contribution in [2.75, 3.05) is 20.8 Å². The van der Waals surface area contributed by atoms with E-state index in [0.29, 0.717) is 6.61 Å². The van der Waals surface area contributed by atoms with Gasteiger partial charge in [-0.1, -0.05) is 24.3 Å². The van der Waals surface area contributed by atoms with Gasteiger partial charge in [0, 0.05) is 16.2 Å². The number of fused-ring (bicyclic) bond motifs is 3. The van der Waals surface area contributed by atoms with Gasteiger partial charge in [0.05, 0.1) is 36.2 Å². The average Bonchev–Trinajstić information content (AvgIpc) is 3.57. The third kappa shape index (κ3) is 2.70. The van der Waals surface area contributed by atoms with Crippen LogP contribution >= 0.6 is 0 Å². The van der Waals surface area contributed by atoms with E-state index in [-0.39, 0.29) is 11.4 Å². The first-order valence-corrected chi connectivity index (χ1v) is 12.6. The van der Waals surface area contributed by atoms with Crippen LogP contribution in [0.5, 0.6) is 11.5 Å². The molecule has 1 saturated carbocycles. The van der Waals surface area contributed by atoms with Crippen molar-refractivity contribution < 1.29 is 23.2 Å². The van der Waals surface area contributed by atoms with Crippen LogP contribution in [0.15, 0.2) is 48.5 Å². The van der Waals surface area contributed by atoms with Crippen LogP contribution < -0.4 is 9.47 Å². The van der Waals surface area contributed by atoms with Gasteiger partial charge in [-0.05, 0) is 80.2 Å². The molecule has 2 heterocycles. The molecule has 1 aliphatic carbocycles. The molecule has 2 fully saturated rings. The topological polar surface area (TPSA) is 61.8 Å². The van der Waals surface area contributed by atoms with Gasteiger partial charge < -0.3 is 14.2 Å². The van der Waals surface area contributed by atoms with Gasteiger partial charge in [0.15, 0.2) is 0 Å². The van der Waals surface area contributed by atoms with Crippen LogP contribution in [0.25, 0.3) is 11.1 Å². The van der Waals surface area contributed by atoms with E-state index in [9.17, 15) is 9.00 Å². The molecule has 0 N–H and O–H groups in total. The third-order valence-electron chi connectivity index (χ3n) is 8.10. The number of carbonyl (C=O) groups excluding carboxylic acids is 1. The molecule has 2 aromatic rings. The van der Waals surface area contributed by atoms with E-state index in [2.05, 4.69) is 6.92 Å². The molecule has 0 radical (unpaired) electrons. The third-order valence-corrected chi connectivity index (χ3v) is 10.7. The molecular formula is C27H30O5S. The van der Waals surface area contributed by atoms with Gasteiger partial charge in [-0.2, -0.15) is 0 Å². The Labute approximate surface area is 197 Å². The molecule has 4 atom stereocenters. The van der Waals surface area contributed by atoms with Crippen LogP contribution in [-0.2, 0) is 20.3 Å². The van der Waals surface area contributed by atoms with E-state index < -0.39 is 26.2 Å². The summed E-state index contributed by atoms with van der Waals surface area (Å²) in [4.78, 5) is 13.4. The fourth-order valence-electron chi connectivity index (χ4n) is 6.53. The van der Waals surface area contributed by atoms with E-state index in [1.807, 2.05) is 62.4 Å². The summed E-state index contributed by atoms with van der Waals surface area (Å²) in [5.41, 5.74) is 3.70. The van der Waals surface area contributed by atoms with Crippen molar-refractivity contribution in [2.45, 2.75) is 43.1 Å². The molecule has 1 spiro atoms. The van der Waals surface area contributed by atoms with Crippen LogP contribution in [0.2, 0.25) is 0 Å². The first-order valence-electron chi connectivity index (χ1n) is 11.4. The SMILES string of the molecule is CCOC(=O)C1C2(C)C(c3ccc(OC)cc3)=C(c3ccc(OC)cc3)C(C)(S2=O)C12CC2. The first kappa shape index (κ1) is 22.2. The van der Waals surface area contributed by atoms with Gasteiger partial charge >= 0.3 is 5.97 Å². The summed E-state index contributed by atoms with van der Waals surface area (Å²) < 4.78 is 29.2. The van der Waals surface area contributed by atoms with Gasteiger partial charge in [-0.15, -0.1) is 0 Å². The van der Waals surface area contributed by atoms with E-state index in [4.69, 9.17) is 14.2 Å². The molecular weight excluding hydrogens is 436 g/mol. The molecule has 2 aromatic carbocycles. The quantitative estimate of drug-likeness (QED) is 0.569. The Kier molecular flexibility index (Phi) is 5.02. The summed E-state index contributed by atoms with van der Waals surface area (Å²) in [7, 11) is 1.98. The first-order chi connectivity index (χ1) is 15.8. The summed E-state index contributed by atoms with van der Waals surface area (Å²) in [5.74, 6) is 0.868. The molecule has 33 heavy (non-hydrogen) atoms. The van der Waals surface area contributed by atoms with Crippen molar-refractivity contribution in [1.82, 2.24) is 0 Å². The van der Waals surface area contributed by atoms with E-state index >= 15 is 0 Å². The largest absolute Gasteiger partial charge is 0.497 e. The highest BCUT2D eigenvalue weighted by Gasteiger charge is 2.83. The lowest BCUT2D eigenvalue weighted by Gasteiger charge is -2.40. The maximum Gasteiger partial charge on any atom is 0.311 e. The number of carbonyl (C=O) groups is 1. The fraction of sp³-hybridized carbons (Fsp3) is 0.444. The molecule has 6 heteroatoms. The second kappa shape index (κ2) is 7.45. The van der Waals surface area contributed by atoms with Gasteiger partial charge in [0.2, 0.25) is 0 Å². The van der Waals surface area contributed by atoms with Crippen LogP contribution in [0, 0.1) is 11.3 Å². The van der Waals surface area contributed by atoms with Crippen molar-refractivity contribution in [3.63, 3.8) is 0 Å². The lowest BCUT2D eigenvalue weighted by atomic mass is 9.60. The monoisotopic (exact) mass is 466 g/mol. The second-order valence-corrected chi connectivity index (χ2v) is 11.7. The van der Waals surface area contributed by atoms with Crippen LogP contribution in [-0.4, -0.2) is 40.5 Å². The van der Waals surface area contributed by atoms with Crippen LogP contribution in [0.3, 0.4) is 0 Å². The molecule has 4 unspecified atom stereocenters. The van der Waals surface area contributed by atoms with E-state index in [1.165, 1.54) is 0 Å². The molecule has 174 valence electrons. The zero-order chi connectivity index (χ0) is 23.6. The average molecular weight is 467 g/mol. The Morgan fingerprint density at radius 2 is 1.39 bits per heavy atom. The molecule has 2 bridgehead atoms. The molecule has 5 rings (SSSR count). The number of ether oxygens (including phenoxy) is 3. The van der Waals surface area contributed by atoms with E-state index in [0.717, 1.165) is 46.6 Å². The predicted octanol–water partition coefficient (Wildman–Crippen LogP) is 4.87. The molecule has 3 aliphatic rings. The van der Waals surface area contributed by atoms with Crippen molar-refractivity contribution in [2.24, 2.45) is 11.3 Å². The van der Waals surface area contributed by atoms with Gasteiger partial charge in [-0.3, -0.25) is 9.00 Å². The van der Waals surface area contributed by atoms with Gasteiger partial charge in [-0.25, -0.2) is 0 Å². The lowest BCUT2D eigenvalue weighted by molar-refractivity contribution is -0.151. The molecule has 1 saturated heterocycles. The summed E-state index contributed by atoms with van der Waals surface area (Å²) in [5, 5.41) is 0. The Bertz CT molecular complexity index is 1160. The normalized spacial score (nSPS) is 31.1. The summed E-state index contributed by atoms with van der Waals surface area (Å²) in [6.45, 7) is 6.25. The smallest absolute Gasteiger partial charge is 0.311 e. The predicted molar refractivity (Wildman–Crippen MR) is 130 cm³/mol. The number of rotatable bonds is 6. The number of esters is 1. The van der Waals surface area contributed by atoms with Crippen molar-refractivity contribution in [3.05, 3.63) is 59.7 Å². The minimum Gasteiger partial charge on any atom is -0.497 e. The summed E-state index contributed by atoms with van der Waals surface area (Å²) in [6, 6.07) is 15.8. The van der Waals surface area contributed by atoms with Crippen molar-refractivity contribution >= 4 is 27.9 Å². The molecule has 2 aliphatic heterocycles. The van der Waals surface area contributed by atoms with Crippen LogP contribution in [0.1, 0.15) is 44.7 Å². The number of hydrogen-bond acceptors (Lipinski definition) is 5. The highest BCUT2D eigenvalue weighted by Crippen LogP contribution is 2.80. The highest BCUT2D eigenvalue weighted by molar-refractivity contribution is 7.90. The van der Waals surface area contributed by atoms with Crippen molar-refractivity contribution in [3.8, 4) is 11.5 Å². The Balaban J connectivity index is 1.80. The number of benzene rings is 2. The van der Waals surface area contributed by atoms with Crippen LogP contribution in [0.4, 0.5) is 0 Å². The lowest BCUT2D eigenvalue weighted by Crippen LogP contribution is -2.46. The minimum atomic E-state index is -1.31. The Hall–Kier alpha value is -2.60. The fourth-order valence-corrected chi connectivity index (χ4v) is 9.41. The number of methoxy groups -OCH3 is 2. The Morgan fingerprint density at radius 1 is 0.909 bits per heavy atom. The molecule has 5 nitrogen and oxygen atoms in total. The minimum absolute atomic E-state index is 0.227. The zero-order valence-electron chi connectivity index (χ0n) is 19.8. The maximum absolute atomic E-state index is 14.4. The standard InChI is InChI=1S/C27H30O5S/c1-6-32-24(28)23-25(2)21(17-7-11-19(30-4)12-8-17)22(18-9-13-20(31-5)14-10-18)26(3,33(25)29)27(23)15-16-27/h7-14,23H,6,15-16H2,1-5H3. The van der Waals surface area contributed by atoms with E-state index in [1.54, 1.807) is 14.2 Å². The summed E-state index contributed by atoms with van der Waals surface area (Å²) >= 11 is 0. The zero-order valence-corrected chi connectivity index (χ0v) is 20.6. The number of hydrogen-bond donors (Lipinski definition) is 0. The Morgan fingerprint density at radius 3 is 1.82 bits per heavy atom. The van der Waals surface area contributed by atoms with Crippen molar-refractivity contribution in [1.29, 1.82) is 0 Å². The van der Waals surface area contributed by atoms with Gasteiger partial charge in [0.1, 0.15) is 11.5 Å². The maximum atomic E-state index is 14.4. The van der Waals surface area contributed by atoms with Gasteiger partial charge in [0.25, 0.3) is 0 Å². The summed E-state index contributed by atoms with van der Waals surface area (Å²) in [6.07, 6.45) is 1.76. The molecule has 0 amide bonds.